The second-order valence-electron chi connectivity index (χ2n) is 7.32. The van der Waals surface area contributed by atoms with E-state index in [9.17, 15) is 12.8 Å². The zero-order valence-corrected chi connectivity index (χ0v) is 17.4. The highest BCUT2D eigenvalue weighted by Crippen LogP contribution is 2.38. The van der Waals surface area contributed by atoms with Crippen LogP contribution < -0.4 is 4.74 Å². The molecule has 0 unspecified atom stereocenters. The normalized spacial score (nSPS) is 16.5. The van der Waals surface area contributed by atoms with Crippen molar-refractivity contribution >= 4 is 21.5 Å². The minimum atomic E-state index is -3.90. The summed E-state index contributed by atoms with van der Waals surface area (Å²) in [5, 5.41) is 0. The number of piperazine rings is 1. The number of hydrogen-bond acceptors (Lipinski definition) is 5. The number of aliphatic imine (C=N–C) groups is 1. The Balaban J connectivity index is 1.44. The van der Waals surface area contributed by atoms with Crippen molar-refractivity contribution in [3.63, 3.8) is 0 Å². The number of nitrogens with zero attached hydrogens (tertiary/aromatic N) is 3. The third-order valence-corrected chi connectivity index (χ3v) is 7.36. The maximum atomic E-state index is 14.1. The second kappa shape index (κ2) is 7.79. The molecule has 0 aliphatic carbocycles. The zero-order chi connectivity index (χ0) is 21.4. The quantitative estimate of drug-likeness (QED) is 0.608. The Morgan fingerprint density at radius 2 is 1.45 bits per heavy atom. The average molecular weight is 437 g/mol. The van der Waals surface area contributed by atoms with Gasteiger partial charge in [-0.25, -0.2) is 17.8 Å². The van der Waals surface area contributed by atoms with Crippen LogP contribution in [0.15, 0.2) is 82.7 Å². The van der Waals surface area contributed by atoms with Crippen LogP contribution in [0.4, 0.5) is 10.1 Å². The number of fused-ring (bicyclic) bond motifs is 2. The molecule has 2 aliphatic rings. The van der Waals surface area contributed by atoms with Gasteiger partial charge in [-0.05, 0) is 36.4 Å². The van der Waals surface area contributed by atoms with Crippen LogP contribution in [0.5, 0.6) is 11.5 Å². The predicted octanol–water partition coefficient (Wildman–Crippen LogP) is 4.02. The smallest absolute Gasteiger partial charge is 0.246 e. The highest BCUT2D eigenvalue weighted by Gasteiger charge is 2.32. The molecule has 0 saturated carbocycles. The third-order valence-electron chi connectivity index (χ3n) is 5.43. The number of sulfonamides is 1. The summed E-state index contributed by atoms with van der Waals surface area (Å²) >= 11 is 0. The molecule has 1 fully saturated rings. The first-order valence-corrected chi connectivity index (χ1v) is 11.4. The van der Waals surface area contributed by atoms with Gasteiger partial charge in [0.25, 0.3) is 0 Å². The lowest BCUT2D eigenvalue weighted by atomic mass is 10.1. The van der Waals surface area contributed by atoms with Crippen molar-refractivity contribution in [2.75, 3.05) is 26.2 Å². The van der Waals surface area contributed by atoms with E-state index < -0.39 is 15.8 Å². The monoisotopic (exact) mass is 437 g/mol. The van der Waals surface area contributed by atoms with Crippen molar-refractivity contribution < 1.29 is 17.5 Å². The van der Waals surface area contributed by atoms with Gasteiger partial charge in [0, 0.05) is 26.2 Å². The van der Waals surface area contributed by atoms with E-state index in [1.54, 1.807) is 0 Å². The molecule has 2 heterocycles. The first-order chi connectivity index (χ1) is 15.0. The van der Waals surface area contributed by atoms with Crippen LogP contribution in [0.1, 0.15) is 5.56 Å². The van der Waals surface area contributed by atoms with Gasteiger partial charge in [0.15, 0.2) is 5.75 Å². The van der Waals surface area contributed by atoms with Crippen LogP contribution in [-0.2, 0) is 10.0 Å². The molecule has 1 saturated heterocycles. The number of halogens is 1. The van der Waals surface area contributed by atoms with Crippen LogP contribution in [-0.4, -0.2) is 49.6 Å². The number of benzene rings is 3. The summed E-state index contributed by atoms with van der Waals surface area (Å²) in [5.74, 6) is 1.38. The van der Waals surface area contributed by atoms with E-state index in [-0.39, 0.29) is 18.0 Å². The first kappa shape index (κ1) is 19.7. The lowest BCUT2D eigenvalue weighted by Crippen LogP contribution is -2.50. The Hall–Kier alpha value is -3.23. The highest BCUT2D eigenvalue weighted by atomic mass is 32.2. The average Bonchev–Trinajstić information content (AvgIpc) is 2.96. The van der Waals surface area contributed by atoms with Gasteiger partial charge in [-0.1, -0.05) is 36.4 Å². The van der Waals surface area contributed by atoms with E-state index in [4.69, 9.17) is 9.73 Å². The highest BCUT2D eigenvalue weighted by molar-refractivity contribution is 7.89. The molecule has 2 aliphatic heterocycles. The van der Waals surface area contributed by atoms with E-state index in [1.807, 2.05) is 48.5 Å². The zero-order valence-electron chi connectivity index (χ0n) is 16.6. The van der Waals surface area contributed by atoms with Gasteiger partial charge in [0.05, 0.1) is 5.56 Å². The molecule has 6 nitrogen and oxygen atoms in total. The van der Waals surface area contributed by atoms with Crippen LogP contribution >= 0.6 is 0 Å². The van der Waals surface area contributed by atoms with E-state index in [2.05, 4.69) is 4.90 Å². The Kier molecular flexibility index (Phi) is 4.95. The molecule has 5 rings (SSSR count). The maximum absolute atomic E-state index is 14.1. The summed E-state index contributed by atoms with van der Waals surface area (Å²) in [6.07, 6.45) is 0. The molecule has 8 heteroatoms. The molecule has 3 aromatic carbocycles. The number of para-hydroxylation sites is 3. The van der Waals surface area contributed by atoms with Gasteiger partial charge in [0.2, 0.25) is 10.0 Å². The lowest BCUT2D eigenvalue weighted by molar-refractivity contribution is 0.265. The minimum Gasteiger partial charge on any atom is -0.454 e. The first-order valence-electron chi connectivity index (χ1n) is 9.99. The minimum absolute atomic E-state index is 0.236. The summed E-state index contributed by atoms with van der Waals surface area (Å²) in [7, 11) is -3.90. The molecule has 0 bridgehead atoms. The van der Waals surface area contributed by atoms with Crippen molar-refractivity contribution in [1.82, 2.24) is 9.21 Å². The summed E-state index contributed by atoms with van der Waals surface area (Å²) in [4.78, 5) is 6.62. The fraction of sp³-hybridized carbons (Fsp3) is 0.174. The molecule has 0 atom stereocenters. The third kappa shape index (κ3) is 3.58. The number of rotatable bonds is 2. The fourth-order valence-electron chi connectivity index (χ4n) is 3.84. The van der Waals surface area contributed by atoms with Crippen molar-refractivity contribution in [3.05, 3.63) is 84.2 Å². The van der Waals surface area contributed by atoms with Crippen molar-refractivity contribution in [1.29, 1.82) is 0 Å². The largest absolute Gasteiger partial charge is 0.454 e. The van der Waals surface area contributed by atoms with E-state index in [0.717, 1.165) is 23.2 Å². The van der Waals surface area contributed by atoms with Gasteiger partial charge < -0.3 is 9.64 Å². The summed E-state index contributed by atoms with van der Waals surface area (Å²) < 4.78 is 47.4. The van der Waals surface area contributed by atoms with E-state index in [1.165, 1.54) is 22.5 Å². The molecule has 158 valence electrons. The summed E-state index contributed by atoms with van der Waals surface area (Å²) in [5.41, 5.74) is 1.57. The van der Waals surface area contributed by atoms with Gasteiger partial charge >= 0.3 is 0 Å². The molecule has 3 aromatic rings. The Bertz CT molecular complexity index is 1270. The summed E-state index contributed by atoms with van der Waals surface area (Å²) in [6, 6.07) is 20.7. The van der Waals surface area contributed by atoms with Gasteiger partial charge in [0.1, 0.15) is 28.0 Å². The molecule has 0 radical (unpaired) electrons. The Labute approximate surface area is 180 Å². The maximum Gasteiger partial charge on any atom is 0.246 e. The van der Waals surface area contributed by atoms with Crippen molar-refractivity contribution in [2.24, 2.45) is 4.99 Å². The van der Waals surface area contributed by atoms with Crippen molar-refractivity contribution in [3.8, 4) is 11.5 Å². The van der Waals surface area contributed by atoms with Gasteiger partial charge in [-0.15, -0.1) is 0 Å². The Morgan fingerprint density at radius 1 is 0.806 bits per heavy atom. The molecule has 0 amide bonds. The SMILES string of the molecule is O=S(=O)(c1ccccc1F)N1CCN(C2=Nc3ccccc3Oc3ccccc32)CC1. The standard InChI is InChI=1S/C23H20FN3O3S/c24-18-8-2-6-12-22(18)31(28,29)27-15-13-26(14-16-27)23-17-7-1-4-10-20(17)30-21-11-5-3-9-19(21)25-23/h1-12H,13-16H2. The van der Waals surface area contributed by atoms with E-state index in [0.29, 0.717) is 24.6 Å². The number of hydrogen-bond donors (Lipinski definition) is 0. The van der Waals surface area contributed by atoms with Crippen LogP contribution in [0.25, 0.3) is 0 Å². The molecular weight excluding hydrogens is 417 g/mol. The molecule has 31 heavy (non-hydrogen) atoms. The predicted molar refractivity (Wildman–Crippen MR) is 116 cm³/mol. The topological polar surface area (TPSA) is 62.2 Å². The van der Waals surface area contributed by atoms with Crippen LogP contribution in [0.2, 0.25) is 0 Å². The van der Waals surface area contributed by atoms with Crippen molar-refractivity contribution in [2.45, 2.75) is 4.90 Å². The van der Waals surface area contributed by atoms with E-state index >= 15 is 0 Å². The molecular formula is C23H20FN3O3S. The van der Waals surface area contributed by atoms with Crippen LogP contribution in [0, 0.1) is 5.82 Å². The van der Waals surface area contributed by atoms with Gasteiger partial charge in [-0.3, -0.25) is 0 Å². The molecule has 0 spiro atoms. The van der Waals surface area contributed by atoms with Gasteiger partial charge in [-0.2, -0.15) is 4.31 Å². The molecule has 0 N–H and O–H groups in total. The Morgan fingerprint density at radius 3 is 2.23 bits per heavy atom. The number of amidine groups is 1. The summed E-state index contributed by atoms with van der Waals surface area (Å²) in [6.45, 7) is 1.34. The van der Waals surface area contributed by atoms with Crippen LogP contribution in [0.3, 0.4) is 0 Å². The lowest BCUT2D eigenvalue weighted by Gasteiger charge is -2.35. The second-order valence-corrected chi connectivity index (χ2v) is 9.23. The molecule has 0 aromatic heterocycles. The fourth-order valence-corrected chi connectivity index (χ4v) is 5.33. The number of ether oxygens (including phenoxy) is 1.